The number of anilines is 1. The van der Waals surface area contributed by atoms with Gasteiger partial charge in [0.2, 0.25) is 5.03 Å². The van der Waals surface area contributed by atoms with Crippen molar-refractivity contribution in [3.63, 3.8) is 0 Å². The molecule has 1 aromatic heterocycles. The molecule has 0 atom stereocenters. The van der Waals surface area contributed by atoms with Crippen LogP contribution in [0.4, 0.5) is 10.5 Å². The molecule has 2 aliphatic rings. The maximum Gasteiger partial charge on any atom is 0.333 e. The van der Waals surface area contributed by atoms with E-state index in [-0.39, 0.29) is 5.03 Å². The molecule has 0 fully saturated rings. The number of sulfonamides is 1. The lowest BCUT2D eigenvalue weighted by Gasteiger charge is -2.16. The van der Waals surface area contributed by atoms with Gasteiger partial charge in [-0.2, -0.15) is 8.42 Å². The number of rotatable bonds is 6. The van der Waals surface area contributed by atoms with E-state index in [0.29, 0.717) is 13.1 Å². The van der Waals surface area contributed by atoms with E-state index in [2.05, 4.69) is 26.4 Å². The van der Waals surface area contributed by atoms with Crippen molar-refractivity contribution in [3.8, 4) is 0 Å². The summed E-state index contributed by atoms with van der Waals surface area (Å²) in [5.41, 5.74) is 5.63. The summed E-state index contributed by atoms with van der Waals surface area (Å²) in [5.74, 6) is 0. The van der Waals surface area contributed by atoms with Crippen molar-refractivity contribution >= 4 is 21.7 Å². The molecule has 4 rings (SSSR count). The largest absolute Gasteiger partial charge is 0.333 e. The Labute approximate surface area is 170 Å². The first-order valence-electron chi connectivity index (χ1n) is 9.88. The molecule has 0 aliphatic heterocycles. The van der Waals surface area contributed by atoms with Crippen molar-refractivity contribution in [2.24, 2.45) is 0 Å². The molecule has 0 saturated heterocycles. The molecule has 29 heavy (non-hydrogen) atoms. The van der Waals surface area contributed by atoms with E-state index in [1.54, 1.807) is 0 Å². The number of nitrogens with one attached hydrogen (secondary N) is 2. The van der Waals surface area contributed by atoms with Crippen LogP contribution < -0.4 is 10.0 Å². The normalized spacial score (nSPS) is 15.4. The van der Waals surface area contributed by atoms with Crippen LogP contribution in [0, 0.1) is 0 Å². The van der Waals surface area contributed by atoms with E-state index in [9.17, 15) is 13.2 Å². The fraction of sp³-hybridized carbons (Fsp3) is 0.526. The van der Waals surface area contributed by atoms with Gasteiger partial charge in [-0.3, -0.25) is 0 Å². The van der Waals surface area contributed by atoms with E-state index in [4.69, 9.17) is 0 Å². The minimum Gasteiger partial charge on any atom is -0.308 e. The second-order valence-corrected chi connectivity index (χ2v) is 9.55. The number of benzene rings is 1. The Kier molecular flexibility index (Phi) is 5.30. The first kappa shape index (κ1) is 19.8. The molecule has 1 aromatic carbocycles. The van der Waals surface area contributed by atoms with Gasteiger partial charge in [0.25, 0.3) is 10.0 Å². The highest BCUT2D eigenvalue weighted by atomic mass is 32.2. The third-order valence-electron chi connectivity index (χ3n) is 5.51. The molecular formula is C19H26N6O3S. The van der Waals surface area contributed by atoms with E-state index >= 15 is 0 Å². The van der Waals surface area contributed by atoms with Crippen LogP contribution in [0.2, 0.25) is 0 Å². The minimum atomic E-state index is -4.10. The first-order valence-corrected chi connectivity index (χ1v) is 11.4. The lowest BCUT2D eigenvalue weighted by atomic mass is 9.99. The summed E-state index contributed by atoms with van der Waals surface area (Å²) >= 11 is 0. The Morgan fingerprint density at radius 3 is 2.41 bits per heavy atom. The SMILES string of the molecule is CN(C)CCn1cc(S(=O)(=O)NC(=O)Nc2c3c(cc4c2CCC4)CCC3)nn1. The summed E-state index contributed by atoms with van der Waals surface area (Å²) in [7, 11) is -0.267. The molecule has 10 heteroatoms. The summed E-state index contributed by atoms with van der Waals surface area (Å²) in [6.07, 6.45) is 7.28. The van der Waals surface area contributed by atoms with Crippen LogP contribution in [0.25, 0.3) is 0 Å². The predicted octanol–water partition coefficient (Wildman–Crippen LogP) is 1.33. The molecule has 0 saturated carbocycles. The van der Waals surface area contributed by atoms with Crippen LogP contribution in [-0.2, 0) is 42.3 Å². The molecule has 0 spiro atoms. The highest BCUT2D eigenvalue weighted by molar-refractivity contribution is 7.90. The smallest absolute Gasteiger partial charge is 0.308 e. The van der Waals surface area contributed by atoms with Gasteiger partial charge in [-0.1, -0.05) is 11.3 Å². The number of urea groups is 1. The van der Waals surface area contributed by atoms with Crippen molar-refractivity contribution in [2.45, 2.75) is 50.1 Å². The maximum absolute atomic E-state index is 12.6. The number of carbonyl (C=O) groups excluding carboxylic acids is 1. The van der Waals surface area contributed by atoms with Gasteiger partial charge in [-0.15, -0.1) is 5.10 Å². The van der Waals surface area contributed by atoms with E-state index < -0.39 is 16.1 Å². The lowest BCUT2D eigenvalue weighted by Crippen LogP contribution is -2.35. The van der Waals surface area contributed by atoms with Gasteiger partial charge in [0, 0.05) is 12.2 Å². The van der Waals surface area contributed by atoms with E-state index in [1.807, 2.05) is 19.0 Å². The van der Waals surface area contributed by atoms with Crippen molar-refractivity contribution in [1.29, 1.82) is 0 Å². The Morgan fingerprint density at radius 2 is 1.79 bits per heavy atom. The molecule has 2 N–H and O–H groups in total. The van der Waals surface area contributed by atoms with Gasteiger partial charge in [-0.25, -0.2) is 14.2 Å². The summed E-state index contributed by atoms with van der Waals surface area (Å²) in [6, 6.07) is 1.50. The fourth-order valence-corrected chi connectivity index (χ4v) is 4.90. The van der Waals surface area contributed by atoms with Crippen LogP contribution in [0.1, 0.15) is 35.1 Å². The standard InChI is InChI=1S/C19H26N6O3S/c1-24(2)9-10-25-12-17(21-23-25)29(27,28)22-19(26)20-18-15-7-3-5-13(15)11-14-6-4-8-16(14)18/h11-12H,3-10H2,1-2H3,(H2,20,22,26). The molecular weight excluding hydrogens is 392 g/mol. The average molecular weight is 419 g/mol. The zero-order valence-corrected chi connectivity index (χ0v) is 17.5. The summed E-state index contributed by atoms with van der Waals surface area (Å²) in [4.78, 5) is 14.5. The zero-order valence-electron chi connectivity index (χ0n) is 16.7. The monoisotopic (exact) mass is 418 g/mol. The van der Waals surface area contributed by atoms with Crippen LogP contribution in [0.5, 0.6) is 0 Å². The average Bonchev–Trinajstić information content (AvgIpc) is 3.39. The molecule has 2 aromatic rings. The minimum absolute atomic E-state index is 0.269. The number of hydrogen-bond donors (Lipinski definition) is 2. The van der Waals surface area contributed by atoms with Crippen molar-refractivity contribution in [2.75, 3.05) is 26.0 Å². The molecule has 2 amide bonds. The Morgan fingerprint density at radius 1 is 1.14 bits per heavy atom. The molecule has 1 heterocycles. The summed E-state index contributed by atoms with van der Waals surface area (Å²) < 4.78 is 28.6. The molecule has 0 unspecified atom stereocenters. The Hall–Kier alpha value is -2.46. The summed E-state index contributed by atoms with van der Waals surface area (Å²) in [6.45, 7) is 1.20. The molecule has 9 nitrogen and oxygen atoms in total. The van der Waals surface area contributed by atoms with Gasteiger partial charge in [0.1, 0.15) is 0 Å². The lowest BCUT2D eigenvalue weighted by molar-refractivity contribution is 0.256. The predicted molar refractivity (Wildman–Crippen MR) is 108 cm³/mol. The quantitative estimate of drug-likeness (QED) is 0.732. The van der Waals surface area contributed by atoms with Gasteiger partial charge in [-0.05, 0) is 74.9 Å². The molecule has 2 aliphatic carbocycles. The number of fused-ring (bicyclic) bond motifs is 2. The number of carbonyl (C=O) groups is 1. The zero-order chi connectivity index (χ0) is 20.6. The Bertz CT molecular complexity index is 1010. The van der Waals surface area contributed by atoms with Crippen LogP contribution in [-0.4, -0.2) is 55.0 Å². The van der Waals surface area contributed by atoms with E-state index in [0.717, 1.165) is 55.3 Å². The van der Waals surface area contributed by atoms with Crippen molar-refractivity contribution < 1.29 is 13.2 Å². The highest BCUT2D eigenvalue weighted by Gasteiger charge is 2.27. The molecule has 0 radical (unpaired) electrons. The van der Waals surface area contributed by atoms with Crippen LogP contribution in [0.15, 0.2) is 17.3 Å². The van der Waals surface area contributed by atoms with Crippen LogP contribution >= 0.6 is 0 Å². The second kappa shape index (κ2) is 7.75. The third kappa shape index (κ3) is 4.13. The number of amides is 2. The van der Waals surface area contributed by atoms with E-state index in [1.165, 1.54) is 22.0 Å². The van der Waals surface area contributed by atoms with Crippen molar-refractivity contribution in [3.05, 3.63) is 34.5 Å². The number of nitrogens with zero attached hydrogens (tertiary/aromatic N) is 4. The van der Waals surface area contributed by atoms with Crippen LogP contribution in [0.3, 0.4) is 0 Å². The summed E-state index contributed by atoms with van der Waals surface area (Å²) in [5, 5.41) is 10.1. The highest BCUT2D eigenvalue weighted by Crippen LogP contribution is 2.38. The Balaban J connectivity index is 1.49. The number of aryl methyl sites for hydroxylation is 2. The van der Waals surface area contributed by atoms with Gasteiger partial charge in [0.05, 0.1) is 12.7 Å². The fourth-order valence-electron chi connectivity index (χ4n) is 4.10. The molecule has 156 valence electrons. The second-order valence-electron chi connectivity index (χ2n) is 7.92. The number of aromatic nitrogens is 3. The van der Waals surface area contributed by atoms with Gasteiger partial charge >= 0.3 is 6.03 Å². The topological polar surface area (TPSA) is 109 Å². The van der Waals surface area contributed by atoms with Crippen molar-refractivity contribution in [1.82, 2.24) is 24.6 Å². The number of hydrogen-bond acceptors (Lipinski definition) is 6. The molecule has 0 bridgehead atoms. The van der Waals surface area contributed by atoms with Gasteiger partial charge < -0.3 is 10.2 Å². The third-order valence-corrected chi connectivity index (χ3v) is 6.70. The maximum atomic E-state index is 12.6. The van der Waals surface area contributed by atoms with Gasteiger partial charge in [0.15, 0.2) is 0 Å². The first-order chi connectivity index (χ1) is 13.8. The number of likely N-dealkylation sites (N-methyl/N-ethyl adjacent to an activating group) is 1.